The van der Waals surface area contributed by atoms with Crippen molar-refractivity contribution in [1.29, 1.82) is 0 Å². The summed E-state index contributed by atoms with van der Waals surface area (Å²) in [4.78, 5) is 10.6. The van der Waals surface area contributed by atoms with Crippen molar-refractivity contribution < 1.29 is 13.3 Å². The van der Waals surface area contributed by atoms with Gasteiger partial charge in [0.15, 0.2) is 4.90 Å². The van der Waals surface area contributed by atoms with Crippen LogP contribution in [0.4, 0.5) is 5.69 Å². The Morgan fingerprint density at radius 2 is 1.74 bits per heavy atom. The Bertz CT molecular complexity index is 688. The van der Waals surface area contributed by atoms with Gasteiger partial charge < -0.3 is 5.32 Å². The Balaban J connectivity index is 0.00000264. The Hall–Kier alpha value is -1.22. The summed E-state index contributed by atoms with van der Waals surface area (Å²) in [7, 11) is -2.39. The second kappa shape index (κ2) is 7.57. The summed E-state index contributed by atoms with van der Waals surface area (Å²) in [5, 5.41) is 14.5. The highest BCUT2D eigenvalue weighted by molar-refractivity contribution is 7.89. The molecular weight excluding hydrogens is 342 g/mol. The zero-order valence-electron chi connectivity index (χ0n) is 13.4. The van der Waals surface area contributed by atoms with E-state index in [2.05, 4.69) is 5.32 Å². The van der Waals surface area contributed by atoms with Crippen molar-refractivity contribution in [3.63, 3.8) is 0 Å². The van der Waals surface area contributed by atoms with Crippen LogP contribution in [-0.2, 0) is 10.0 Å². The van der Waals surface area contributed by atoms with Crippen molar-refractivity contribution >= 4 is 28.1 Å². The van der Waals surface area contributed by atoms with Gasteiger partial charge in [0.2, 0.25) is 10.0 Å². The predicted molar refractivity (Wildman–Crippen MR) is 90.7 cm³/mol. The highest BCUT2D eigenvalue weighted by Gasteiger charge is 2.36. The van der Waals surface area contributed by atoms with Gasteiger partial charge in [-0.2, -0.15) is 4.31 Å². The van der Waals surface area contributed by atoms with Gasteiger partial charge >= 0.3 is 0 Å². The second-order valence-electron chi connectivity index (χ2n) is 5.64. The molecule has 7 nitrogen and oxygen atoms in total. The van der Waals surface area contributed by atoms with E-state index in [9.17, 15) is 18.5 Å². The summed E-state index contributed by atoms with van der Waals surface area (Å²) >= 11 is 0. The van der Waals surface area contributed by atoms with Crippen molar-refractivity contribution in [2.45, 2.75) is 37.6 Å². The average molecular weight is 364 g/mol. The first kappa shape index (κ1) is 19.8. The predicted octanol–water partition coefficient (Wildman–Crippen LogP) is 2.01. The van der Waals surface area contributed by atoms with E-state index in [1.54, 1.807) is 26.0 Å². The van der Waals surface area contributed by atoms with Gasteiger partial charge in [0.25, 0.3) is 5.69 Å². The molecule has 0 unspecified atom stereocenters. The van der Waals surface area contributed by atoms with Gasteiger partial charge in [-0.3, -0.25) is 10.1 Å². The van der Waals surface area contributed by atoms with Gasteiger partial charge in [0.05, 0.1) is 4.92 Å². The molecule has 23 heavy (non-hydrogen) atoms. The van der Waals surface area contributed by atoms with E-state index in [4.69, 9.17) is 0 Å². The third-order valence-electron chi connectivity index (χ3n) is 4.17. The maximum absolute atomic E-state index is 12.9. The number of nitrogens with one attached hydrogen (secondary N) is 1. The minimum atomic E-state index is -3.90. The second-order valence-corrected chi connectivity index (χ2v) is 7.57. The Morgan fingerprint density at radius 3 is 2.26 bits per heavy atom. The quantitative estimate of drug-likeness (QED) is 0.652. The van der Waals surface area contributed by atoms with E-state index in [0.29, 0.717) is 24.0 Å². The van der Waals surface area contributed by atoms with E-state index < -0.39 is 14.9 Å². The zero-order valence-corrected chi connectivity index (χ0v) is 15.0. The number of hydrogen-bond donors (Lipinski definition) is 1. The molecule has 1 saturated heterocycles. The van der Waals surface area contributed by atoms with Gasteiger partial charge in [0, 0.05) is 18.7 Å². The first-order chi connectivity index (χ1) is 10.3. The largest absolute Gasteiger partial charge is 0.317 e. The van der Waals surface area contributed by atoms with E-state index in [1.807, 2.05) is 0 Å². The Kier molecular flexibility index (Phi) is 6.52. The van der Waals surface area contributed by atoms with Crippen molar-refractivity contribution in [2.24, 2.45) is 0 Å². The van der Waals surface area contributed by atoms with Crippen LogP contribution in [0.5, 0.6) is 0 Å². The molecule has 1 heterocycles. The van der Waals surface area contributed by atoms with Crippen LogP contribution in [0.1, 0.15) is 24.0 Å². The fourth-order valence-corrected chi connectivity index (χ4v) is 4.68. The highest BCUT2D eigenvalue weighted by Crippen LogP contribution is 2.33. The van der Waals surface area contributed by atoms with Gasteiger partial charge in [-0.15, -0.1) is 12.4 Å². The lowest BCUT2D eigenvalue weighted by molar-refractivity contribution is -0.388. The molecule has 1 aliphatic rings. The molecule has 0 radical (unpaired) electrons. The van der Waals surface area contributed by atoms with E-state index in [1.165, 1.54) is 11.4 Å². The Morgan fingerprint density at radius 1 is 1.22 bits per heavy atom. The molecule has 1 aromatic carbocycles. The zero-order chi connectivity index (χ0) is 16.5. The standard InChI is InChI=1S/C14H21N3O4S.ClH/c1-10-4-5-11(2)14(13(10)17(18)19)22(20,21)16(3)12-6-8-15-9-7-12;/h4-5,12,15H,6-9H2,1-3H3;1H. The lowest BCUT2D eigenvalue weighted by Gasteiger charge is -2.31. The molecular formula is C14H22ClN3O4S. The molecule has 0 atom stereocenters. The molecule has 9 heteroatoms. The number of benzene rings is 1. The topological polar surface area (TPSA) is 92.6 Å². The number of hydrogen-bond acceptors (Lipinski definition) is 5. The van der Waals surface area contributed by atoms with Crippen molar-refractivity contribution in [3.8, 4) is 0 Å². The van der Waals surface area contributed by atoms with Crippen LogP contribution in [0.25, 0.3) is 0 Å². The van der Waals surface area contributed by atoms with Crippen LogP contribution in [-0.4, -0.2) is 43.8 Å². The third kappa shape index (κ3) is 3.82. The summed E-state index contributed by atoms with van der Waals surface area (Å²) in [6.45, 7) is 4.65. The summed E-state index contributed by atoms with van der Waals surface area (Å²) in [6, 6.07) is 3.06. The molecule has 1 fully saturated rings. The molecule has 130 valence electrons. The van der Waals surface area contributed by atoms with Crippen molar-refractivity contribution in [1.82, 2.24) is 9.62 Å². The molecule has 0 spiro atoms. The maximum Gasteiger partial charge on any atom is 0.292 e. The Labute approximate surface area is 142 Å². The number of nitro groups is 1. The van der Waals surface area contributed by atoms with Gasteiger partial charge in [-0.25, -0.2) is 8.42 Å². The smallest absolute Gasteiger partial charge is 0.292 e. The van der Waals surface area contributed by atoms with Gasteiger partial charge in [-0.05, 0) is 45.3 Å². The number of rotatable bonds is 4. The van der Waals surface area contributed by atoms with Gasteiger partial charge in [0.1, 0.15) is 0 Å². The number of nitro benzene ring substituents is 1. The summed E-state index contributed by atoms with van der Waals surface area (Å²) in [5.74, 6) is 0. The van der Waals surface area contributed by atoms with E-state index in [-0.39, 0.29) is 29.0 Å². The summed E-state index contributed by atoms with van der Waals surface area (Å²) in [6.07, 6.45) is 1.41. The molecule has 0 saturated carbocycles. The first-order valence-electron chi connectivity index (χ1n) is 7.20. The molecule has 0 aromatic heterocycles. The lowest BCUT2D eigenvalue weighted by atomic mass is 10.1. The van der Waals surface area contributed by atoms with Crippen LogP contribution in [0.15, 0.2) is 17.0 Å². The molecule has 2 rings (SSSR count). The van der Waals surface area contributed by atoms with Crippen LogP contribution < -0.4 is 5.32 Å². The number of halogens is 1. The van der Waals surface area contributed by atoms with Crippen molar-refractivity contribution in [3.05, 3.63) is 33.4 Å². The SMILES string of the molecule is Cc1ccc(C)c(S(=O)(=O)N(C)C2CCNCC2)c1[N+](=O)[O-].Cl. The molecule has 0 amide bonds. The fraction of sp³-hybridized carbons (Fsp3) is 0.571. The highest BCUT2D eigenvalue weighted by atomic mass is 35.5. The normalized spacial score (nSPS) is 16.2. The lowest BCUT2D eigenvalue weighted by Crippen LogP contribution is -2.44. The van der Waals surface area contributed by atoms with Crippen LogP contribution in [0.3, 0.4) is 0 Å². The fourth-order valence-electron chi connectivity index (χ4n) is 2.83. The third-order valence-corrected chi connectivity index (χ3v) is 6.26. The van der Waals surface area contributed by atoms with E-state index >= 15 is 0 Å². The summed E-state index contributed by atoms with van der Waals surface area (Å²) in [5.41, 5.74) is 0.437. The van der Waals surface area contributed by atoms with Crippen LogP contribution in [0.2, 0.25) is 0 Å². The maximum atomic E-state index is 12.9. The first-order valence-corrected chi connectivity index (χ1v) is 8.64. The molecule has 1 aromatic rings. The number of sulfonamides is 1. The number of piperidine rings is 1. The number of nitrogens with zero attached hydrogens (tertiary/aromatic N) is 2. The minimum absolute atomic E-state index is 0. The molecule has 0 bridgehead atoms. The molecule has 1 N–H and O–H groups in total. The van der Waals surface area contributed by atoms with Gasteiger partial charge in [-0.1, -0.05) is 12.1 Å². The minimum Gasteiger partial charge on any atom is -0.317 e. The van der Waals surface area contributed by atoms with Crippen LogP contribution >= 0.6 is 12.4 Å². The van der Waals surface area contributed by atoms with Crippen molar-refractivity contribution in [2.75, 3.05) is 20.1 Å². The van der Waals surface area contributed by atoms with E-state index in [0.717, 1.165) is 13.1 Å². The average Bonchev–Trinajstić information content (AvgIpc) is 2.48. The molecule has 1 aliphatic heterocycles. The summed E-state index contributed by atoms with van der Waals surface area (Å²) < 4.78 is 27.2. The number of aryl methyl sites for hydroxylation is 2. The van der Waals surface area contributed by atoms with Crippen LogP contribution in [0, 0.1) is 24.0 Å². The monoisotopic (exact) mass is 363 g/mol. The molecule has 0 aliphatic carbocycles.